The first-order valence-corrected chi connectivity index (χ1v) is 9.32. The van der Waals surface area contributed by atoms with E-state index in [2.05, 4.69) is 10.4 Å². The fraction of sp³-hybridized carbons (Fsp3) is 0.238. The number of aromatic nitrogens is 2. The van der Waals surface area contributed by atoms with E-state index in [1.165, 1.54) is 0 Å². The maximum Gasteiger partial charge on any atom is 0.226 e. The zero-order valence-electron chi connectivity index (χ0n) is 15.2. The van der Waals surface area contributed by atoms with Crippen LogP contribution in [-0.2, 0) is 4.79 Å². The number of nitrogens with zero attached hydrogens (tertiary/aromatic N) is 2. The highest BCUT2D eigenvalue weighted by molar-refractivity contribution is 6.31. The summed E-state index contributed by atoms with van der Waals surface area (Å²) in [5.41, 5.74) is 3.84. The molecule has 0 unspecified atom stereocenters. The quantitative estimate of drug-likeness (QED) is 0.712. The van der Waals surface area contributed by atoms with Crippen molar-refractivity contribution < 1.29 is 9.53 Å². The minimum Gasteiger partial charge on any atom is -0.494 e. The summed E-state index contributed by atoms with van der Waals surface area (Å²) in [4.78, 5) is 12.4. The summed E-state index contributed by atoms with van der Waals surface area (Å²) in [5.74, 6) is 1.46. The lowest BCUT2D eigenvalue weighted by molar-refractivity contribution is -0.116. The number of amides is 1. The van der Waals surface area contributed by atoms with Crippen LogP contribution in [0.2, 0.25) is 5.02 Å². The minimum absolute atomic E-state index is 0.0252. The Morgan fingerprint density at radius 1 is 1.26 bits per heavy atom. The Bertz CT molecular complexity index is 995. The summed E-state index contributed by atoms with van der Waals surface area (Å²) < 4.78 is 7.28. The fourth-order valence-electron chi connectivity index (χ4n) is 3.49. The van der Waals surface area contributed by atoms with Crippen molar-refractivity contribution in [3.8, 4) is 11.4 Å². The first kappa shape index (κ1) is 17.6. The molecule has 1 aliphatic heterocycles. The number of carbonyl (C=O) groups excluding carboxylic acids is 1. The third-order valence-electron chi connectivity index (χ3n) is 4.88. The Balaban J connectivity index is 1.76. The molecule has 0 bridgehead atoms. The van der Waals surface area contributed by atoms with Crippen LogP contribution in [0.25, 0.3) is 5.69 Å². The van der Waals surface area contributed by atoms with Gasteiger partial charge in [-0.25, -0.2) is 4.68 Å². The molecule has 0 saturated carbocycles. The van der Waals surface area contributed by atoms with E-state index in [0.29, 0.717) is 23.9 Å². The van der Waals surface area contributed by atoms with E-state index in [-0.39, 0.29) is 11.8 Å². The largest absolute Gasteiger partial charge is 0.494 e. The number of fused-ring (bicyclic) bond motifs is 1. The molecule has 1 aliphatic rings. The number of rotatable bonds is 4. The molecule has 0 spiro atoms. The van der Waals surface area contributed by atoms with Gasteiger partial charge < -0.3 is 10.1 Å². The van der Waals surface area contributed by atoms with Crippen molar-refractivity contribution in [2.24, 2.45) is 0 Å². The van der Waals surface area contributed by atoms with Crippen molar-refractivity contribution in [2.75, 3.05) is 11.9 Å². The lowest BCUT2D eigenvalue weighted by Gasteiger charge is -2.24. The second-order valence-corrected chi connectivity index (χ2v) is 6.96. The number of hydrogen-bond donors (Lipinski definition) is 1. The standard InChI is InChI=1S/C21H20ClN3O2/c1-3-27-15-9-7-14(8-10-15)16-11-20(26)24-21-17(16)12-23-25(21)19-6-4-5-18(22)13(19)2/h4-10,12,16H,3,11H2,1-2H3,(H,24,26)/t16-/m1/s1. The van der Waals surface area contributed by atoms with Gasteiger partial charge in [0.25, 0.3) is 0 Å². The van der Waals surface area contributed by atoms with E-state index in [1.807, 2.05) is 62.5 Å². The van der Waals surface area contributed by atoms with Crippen molar-refractivity contribution >= 4 is 23.3 Å². The number of halogens is 1. The highest BCUT2D eigenvalue weighted by atomic mass is 35.5. The van der Waals surface area contributed by atoms with Crippen LogP contribution in [0.5, 0.6) is 5.75 Å². The zero-order chi connectivity index (χ0) is 19.0. The summed E-state index contributed by atoms with van der Waals surface area (Å²) in [6.07, 6.45) is 2.22. The fourth-order valence-corrected chi connectivity index (χ4v) is 3.66. The summed E-state index contributed by atoms with van der Waals surface area (Å²) in [6.45, 7) is 4.53. The predicted molar refractivity (Wildman–Crippen MR) is 106 cm³/mol. The van der Waals surface area contributed by atoms with Crippen LogP contribution < -0.4 is 10.1 Å². The third-order valence-corrected chi connectivity index (χ3v) is 5.29. The van der Waals surface area contributed by atoms with Gasteiger partial charge in [0.1, 0.15) is 11.6 Å². The van der Waals surface area contributed by atoms with Crippen molar-refractivity contribution in [1.29, 1.82) is 0 Å². The maximum atomic E-state index is 12.4. The molecule has 0 aliphatic carbocycles. The molecule has 0 radical (unpaired) electrons. The van der Waals surface area contributed by atoms with Crippen molar-refractivity contribution in [1.82, 2.24) is 9.78 Å². The van der Waals surface area contributed by atoms with E-state index in [0.717, 1.165) is 28.1 Å². The number of nitrogens with one attached hydrogen (secondary N) is 1. The average Bonchev–Trinajstić information content (AvgIpc) is 3.08. The van der Waals surface area contributed by atoms with Crippen molar-refractivity contribution in [3.63, 3.8) is 0 Å². The second kappa shape index (κ2) is 7.08. The van der Waals surface area contributed by atoms with Gasteiger partial charge in [0.2, 0.25) is 5.91 Å². The Morgan fingerprint density at radius 2 is 2.04 bits per heavy atom. The van der Waals surface area contributed by atoms with Crippen molar-refractivity contribution in [3.05, 3.63) is 70.4 Å². The molecule has 4 rings (SSSR count). The van der Waals surface area contributed by atoms with Crippen LogP contribution in [0, 0.1) is 6.92 Å². The molecule has 1 amide bonds. The molecule has 0 fully saturated rings. The summed E-state index contributed by atoms with van der Waals surface area (Å²) in [6, 6.07) is 13.6. The van der Waals surface area contributed by atoms with Gasteiger partial charge in [-0.2, -0.15) is 5.10 Å². The van der Waals surface area contributed by atoms with Gasteiger partial charge in [-0.05, 0) is 49.2 Å². The van der Waals surface area contributed by atoms with Crippen LogP contribution >= 0.6 is 11.6 Å². The van der Waals surface area contributed by atoms with Gasteiger partial charge in [0.05, 0.1) is 18.5 Å². The van der Waals surface area contributed by atoms with Gasteiger partial charge in [0, 0.05) is 22.9 Å². The Labute approximate surface area is 162 Å². The monoisotopic (exact) mass is 381 g/mol. The molecular weight excluding hydrogens is 362 g/mol. The second-order valence-electron chi connectivity index (χ2n) is 6.55. The van der Waals surface area contributed by atoms with Crippen LogP contribution in [0.3, 0.4) is 0 Å². The molecule has 1 atom stereocenters. The number of ether oxygens (including phenoxy) is 1. The summed E-state index contributed by atoms with van der Waals surface area (Å²) in [5, 5.41) is 8.19. The molecule has 2 heterocycles. The summed E-state index contributed by atoms with van der Waals surface area (Å²) >= 11 is 6.27. The van der Waals surface area contributed by atoms with E-state index >= 15 is 0 Å². The molecule has 0 saturated heterocycles. The highest BCUT2D eigenvalue weighted by Gasteiger charge is 2.30. The lowest BCUT2D eigenvalue weighted by Crippen LogP contribution is -2.24. The van der Waals surface area contributed by atoms with E-state index < -0.39 is 0 Å². The Hall–Kier alpha value is -2.79. The van der Waals surface area contributed by atoms with Gasteiger partial charge in [-0.15, -0.1) is 0 Å². The average molecular weight is 382 g/mol. The first-order chi connectivity index (χ1) is 13.1. The van der Waals surface area contributed by atoms with Crippen LogP contribution in [0.15, 0.2) is 48.7 Å². The third kappa shape index (κ3) is 3.19. The first-order valence-electron chi connectivity index (χ1n) is 8.94. The zero-order valence-corrected chi connectivity index (χ0v) is 16.0. The molecule has 1 aromatic heterocycles. The minimum atomic E-state index is -0.0438. The van der Waals surface area contributed by atoms with E-state index in [9.17, 15) is 4.79 Å². The topological polar surface area (TPSA) is 56.1 Å². The smallest absolute Gasteiger partial charge is 0.226 e. The molecule has 3 aromatic rings. The normalized spacial score (nSPS) is 16.0. The van der Waals surface area contributed by atoms with Gasteiger partial charge in [0.15, 0.2) is 0 Å². The number of anilines is 1. The molecule has 5 nitrogen and oxygen atoms in total. The number of benzene rings is 2. The summed E-state index contributed by atoms with van der Waals surface area (Å²) in [7, 11) is 0. The van der Waals surface area contributed by atoms with E-state index in [1.54, 1.807) is 4.68 Å². The van der Waals surface area contributed by atoms with Crippen LogP contribution in [0.4, 0.5) is 5.82 Å². The SMILES string of the molecule is CCOc1ccc([C@H]2CC(=O)Nc3c2cnn3-c2cccc(Cl)c2C)cc1. The Morgan fingerprint density at radius 3 is 2.78 bits per heavy atom. The lowest BCUT2D eigenvalue weighted by atomic mass is 9.87. The maximum absolute atomic E-state index is 12.4. The molecular formula is C21H20ClN3O2. The van der Waals surface area contributed by atoms with Gasteiger partial charge >= 0.3 is 0 Å². The van der Waals surface area contributed by atoms with Gasteiger partial charge in [-0.1, -0.05) is 29.8 Å². The highest BCUT2D eigenvalue weighted by Crippen LogP contribution is 2.39. The molecule has 6 heteroatoms. The molecule has 2 aromatic carbocycles. The number of carbonyl (C=O) groups is 1. The predicted octanol–water partition coefficient (Wildman–Crippen LogP) is 4.71. The van der Waals surface area contributed by atoms with Crippen LogP contribution in [-0.4, -0.2) is 22.3 Å². The van der Waals surface area contributed by atoms with Gasteiger partial charge in [-0.3, -0.25) is 4.79 Å². The van der Waals surface area contributed by atoms with E-state index in [4.69, 9.17) is 16.3 Å². The number of hydrogen-bond acceptors (Lipinski definition) is 3. The molecule has 1 N–H and O–H groups in total. The molecule has 138 valence electrons. The molecule has 27 heavy (non-hydrogen) atoms. The van der Waals surface area contributed by atoms with Crippen molar-refractivity contribution in [2.45, 2.75) is 26.2 Å². The van der Waals surface area contributed by atoms with Crippen LogP contribution in [0.1, 0.15) is 36.0 Å². The Kier molecular flexibility index (Phi) is 4.62.